The van der Waals surface area contributed by atoms with Gasteiger partial charge in [0.05, 0.1) is 5.41 Å². The van der Waals surface area contributed by atoms with Crippen LogP contribution in [0.3, 0.4) is 0 Å². The molecule has 6 aromatic heterocycles. The first-order valence-corrected chi connectivity index (χ1v) is 19.8. The molecule has 0 saturated heterocycles. The fourth-order valence-electron chi connectivity index (χ4n) is 8.27. The molecule has 6 heterocycles. The molecule has 0 amide bonds. The van der Waals surface area contributed by atoms with Crippen LogP contribution in [-0.4, -0.2) is 49.8 Å². The van der Waals surface area contributed by atoms with Crippen LogP contribution in [0.5, 0.6) is 0 Å². The smallest absolute Gasteiger partial charge is 0.165 e. The van der Waals surface area contributed by atoms with Gasteiger partial charge in [0.2, 0.25) is 0 Å². The van der Waals surface area contributed by atoms with Crippen molar-refractivity contribution in [1.82, 2.24) is 49.8 Å². The number of aromatic nitrogens is 10. The predicted octanol–water partition coefficient (Wildman–Crippen LogP) is 10.0. The topological polar surface area (TPSA) is 129 Å². The normalized spacial score (nSPS) is 12.4. The zero-order chi connectivity index (χ0) is 40.6. The van der Waals surface area contributed by atoms with E-state index < -0.39 is 5.41 Å². The molecule has 1 aliphatic carbocycles. The van der Waals surface area contributed by atoms with E-state index >= 15 is 0 Å². The fraction of sp³-hybridized carbons (Fsp3) is 0.0196. The molecule has 0 aliphatic heterocycles. The Morgan fingerprint density at radius 3 is 0.885 bits per heavy atom. The molecule has 4 aromatic carbocycles. The molecule has 0 spiro atoms. The average Bonchev–Trinajstić information content (AvgIpc) is 3.65. The van der Waals surface area contributed by atoms with Crippen molar-refractivity contribution in [3.63, 3.8) is 0 Å². The predicted molar refractivity (Wildman–Crippen MR) is 234 cm³/mol. The lowest BCUT2D eigenvalue weighted by Gasteiger charge is -2.34. The van der Waals surface area contributed by atoms with Crippen molar-refractivity contribution in [3.05, 3.63) is 217 Å². The molecule has 10 aromatic rings. The SMILES string of the molecule is c1ccc(C2(c3ccccc3)c3cc(-c4nc(-c5cccnc5)nc(-c5cccnc5)n4)ccc3-c3ccc(-c4nc(-c5cccnc5)nc(-c5cccnc5)n4)cc32)cc1. The van der Waals surface area contributed by atoms with Gasteiger partial charge >= 0.3 is 0 Å². The Labute approximate surface area is 351 Å². The maximum atomic E-state index is 5.07. The molecule has 10 nitrogen and oxygen atoms in total. The summed E-state index contributed by atoms with van der Waals surface area (Å²) in [6, 6.07) is 49.8. The van der Waals surface area contributed by atoms with Gasteiger partial charge < -0.3 is 0 Å². The van der Waals surface area contributed by atoms with Crippen molar-refractivity contribution in [3.8, 4) is 79.5 Å². The number of benzene rings is 4. The summed E-state index contributed by atoms with van der Waals surface area (Å²) in [5.41, 5.74) is 10.7. The van der Waals surface area contributed by atoms with Gasteiger partial charge in [0.1, 0.15) is 0 Å². The Kier molecular flexibility index (Phi) is 8.78. The summed E-state index contributed by atoms with van der Waals surface area (Å²) in [5.74, 6) is 3.18. The average molecular weight is 785 g/mol. The molecule has 10 heteroatoms. The van der Waals surface area contributed by atoms with Crippen molar-refractivity contribution in [2.45, 2.75) is 5.41 Å². The first kappa shape index (κ1) is 35.6. The van der Waals surface area contributed by atoms with Crippen LogP contribution in [0.15, 0.2) is 195 Å². The second kappa shape index (κ2) is 15.0. The zero-order valence-electron chi connectivity index (χ0n) is 32.4. The van der Waals surface area contributed by atoms with Crippen molar-refractivity contribution in [2.75, 3.05) is 0 Å². The third kappa shape index (κ3) is 6.30. The van der Waals surface area contributed by atoms with Crippen LogP contribution in [0, 0.1) is 0 Å². The summed E-state index contributed by atoms with van der Waals surface area (Å²) < 4.78 is 0. The van der Waals surface area contributed by atoms with E-state index in [0.29, 0.717) is 34.9 Å². The number of hydrogen-bond acceptors (Lipinski definition) is 10. The van der Waals surface area contributed by atoms with Crippen molar-refractivity contribution >= 4 is 0 Å². The van der Waals surface area contributed by atoms with E-state index in [9.17, 15) is 0 Å². The van der Waals surface area contributed by atoms with E-state index in [2.05, 4.69) is 117 Å². The number of nitrogens with zero attached hydrogens (tertiary/aromatic N) is 10. The molecular formula is C51H32N10. The monoisotopic (exact) mass is 784 g/mol. The summed E-state index contributed by atoms with van der Waals surface area (Å²) in [6.45, 7) is 0. The maximum Gasteiger partial charge on any atom is 0.165 e. The molecule has 0 atom stereocenters. The molecular weight excluding hydrogens is 753 g/mol. The Morgan fingerprint density at radius 1 is 0.279 bits per heavy atom. The van der Waals surface area contributed by atoms with Gasteiger partial charge in [-0.2, -0.15) is 0 Å². The van der Waals surface area contributed by atoms with Gasteiger partial charge in [-0.1, -0.05) is 84.9 Å². The third-order valence-corrected chi connectivity index (χ3v) is 11.0. The molecule has 61 heavy (non-hydrogen) atoms. The summed E-state index contributed by atoms with van der Waals surface area (Å²) in [4.78, 5) is 47.5. The van der Waals surface area contributed by atoms with Gasteiger partial charge in [0.15, 0.2) is 34.9 Å². The molecule has 0 unspecified atom stereocenters. The van der Waals surface area contributed by atoms with Crippen LogP contribution in [0.2, 0.25) is 0 Å². The van der Waals surface area contributed by atoms with Gasteiger partial charge in [0, 0.05) is 83.0 Å². The minimum Gasteiger partial charge on any atom is -0.264 e. The minimum atomic E-state index is -0.754. The van der Waals surface area contributed by atoms with Crippen LogP contribution >= 0.6 is 0 Å². The summed E-state index contributed by atoms with van der Waals surface area (Å²) in [6.07, 6.45) is 14.0. The second-order valence-corrected chi connectivity index (χ2v) is 14.6. The summed E-state index contributed by atoms with van der Waals surface area (Å²) in [5, 5.41) is 0. The summed E-state index contributed by atoms with van der Waals surface area (Å²) in [7, 11) is 0. The van der Waals surface area contributed by atoms with Crippen molar-refractivity contribution < 1.29 is 0 Å². The van der Waals surface area contributed by atoms with Gasteiger partial charge in [-0.3, -0.25) is 19.9 Å². The number of hydrogen-bond donors (Lipinski definition) is 0. The molecule has 0 bridgehead atoms. The summed E-state index contributed by atoms with van der Waals surface area (Å²) >= 11 is 0. The highest BCUT2D eigenvalue weighted by molar-refractivity contribution is 5.89. The van der Waals surface area contributed by atoms with E-state index in [-0.39, 0.29) is 0 Å². The molecule has 0 fully saturated rings. The van der Waals surface area contributed by atoms with Crippen LogP contribution in [-0.2, 0) is 5.41 Å². The van der Waals surface area contributed by atoms with Crippen LogP contribution in [0.1, 0.15) is 22.3 Å². The largest absolute Gasteiger partial charge is 0.264 e. The Bertz CT molecular complexity index is 2840. The molecule has 286 valence electrons. The number of rotatable bonds is 8. The molecule has 11 rings (SSSR count). The Balaban J connectivity index is 1.15. The first-order valence-electron chi connectivity index (χ1n) is 19.8. The lowest BCUT2D eigenvalue weighted by atomic mass is 9.67. The molecule has 0 saturated carbocycles. The second-order valence-electron chi connectivity index (χ2n) is 14.6. The lowest BCUT2D eigenvalue weighted by molar-refractivity contribution is 0.768. The number of fused-ring (bicyclic) bond motifs is 3. The highest BCUT2D eigenvalue weighted by Gasteiger charge is 2.46. The minimum absolute atomic E-state index is 0.524. The fourth-order valence-corrected chi connectivity index (χ4v) is 8.27. The highest BCUT2D eigenvalue weighted by atomic mass is 15.0. The quantitative estimate of drug-likeness (QED) is 0.147. The van der Waals surface area contributed by atoms with E-state index in [1.807, 2.05) is 48.5 Å². The van der Waals surface area contributed by atoms with Crippen LogP contribution in [0.25, 0.3) is 79.5 Å². The van der Waals surface area contributed by atoms with Crippen LogP contribution < -0.4 is 0 Å². The molecule has 1 aliphatic rings. The third-order valence-electron chi connectivity index (χ3n) is 11.0. The van der Waals surface area contributed by atoms with Gasteiger partial charge in [-0.25, -0.2) is 29.9 Å². The van der Waals surface area contributed by atoms with E-state index in [4.69, 9.17) is 29.9 Å². The zero-order valence-corrected chi connectivity index (χ0v) is 32.4. The number of pyridine rings is 4. The maximum absolute atomic E-state index is 5.07. The molecule has 0 N–H and O–H groups in total. The van der Waals surface area contributed by atoms with Crippen molar-refractivity contribution in [2.24, 2.45) is 0 Å². The van der Waals surface area contributed by atoms with Crippen molar-refractivity contribution in [1.29, 1.82) is 0 Å². The van der Waals surface area contributed by atoms with Gasteiger partial charge in [-0.05, 0) is 94.0 Å². The highest BCUT2D eigenvalue weighted by Crippen LogP contribution is 2.57. The van der Waals surface area contributed by atoms with Crippen LogP contribution in [0.4, 0.5) is 0 Å². The van der Waals surface area contributed by atoms with Gasteiger partial charge in [0.25, 0.3) is 0 Å². The Morgan fingerprint density at radius 2 is 0.590 bits per heavy atom. The Hall–Kier alpha value is -8.50. The van der Waals surface area contributed by atoms with E-state index in [1.165, 1.54) is 0 Å². The van der Waals surface area contributed by atoms with E-state index in [0.717, 1.165) is 66.8 Å². The molecule has 0 radical (unpaired) electrons. The lowest BCUT2D eigenvalue weighted by Crippen LogP contribution is -2.28. The van der Waals surface area contributed by atoms with Gasteiger partial charge in [-0.15, -0.1) is 0 Å². The first-order chi connectivity index (χ1) is 30.2. The van der Waals surface area contributed by atoms with E-state index in [1.54, 1.807) is 49.6 Å². The standard InChI is InChI=1S/C51H32N10/c1-3-15-39(16-4-1)51(40-17-5-2-6-18-40)43-27-33(45-56-47(35-11-7-23-52-29-35)60-48(57-45)36-12-8-24-53-30-36)19-21-41(43)42-22-20-34(28-44(42)51)46-58-49(37-13-9-25-54-31-37)61-50(59-46)38-14-10-26-55-32-38/h1-32H.